The Morgan fingerprint density at radius 1 is 1.12 bits per heavy atom. The molecule has 134 valence electrons. The van der Waals surface area contributed by atoms with Crippen LogP contribution in [0.15, 0.2) is 24.3 Å². The Kier molecular flexibility index (Phi) is 7.37. The van der Waals surface area contributed by atoms with E-state index in [0.29, 0.717) is 0 Å². The third-order valence-electron chi connectivity index (χ3n) is 4.61. The lowest BCUT2D eigenvalue weighted by Crippen LogP contribution is -2.44. The molecule has 5 heteroatoms. The van der Waals surface area contributed by atoms with E-state index in [1.807, 2.05) is 12.1 Å². The highest BCUT2D eigenvalue weighted by atomic mass is 16.2. The topological polar surface area (TPSA) is 47.6 Å². The Morgan fingerprint density at radius 3 is 2.42 bits per heavy atom. The monoisotopic (exact) mass is 332 g/mol. The van der Waals surface area contributed by atoms with E-state index in [1.165, 1.54) is 18.5 Å². The summed E-state index contributed by atoms with van der Waals surface area (Å²) in [5.41, 5.74) is 2.06. The number of carbonyl (C=O) groups is 1. The quantitative estimate of drug-likeness (QED) is 0.751. The molecule has 2 rings (SSSR count). The van der Waals surface area contributed by atoms with Crippen molar-refractivity contribution >= 4 is 17.4 Å². The number of rotatable bonds is 7. The zero-order chi connectivity index (χ0) is 17.4. The standard InChI is InChI=1S/C19H32N4O/c1-4-5-6-7-16(2)20-19(24)21-17-8-10-18(11-9-17)23-14-12-22(3)13-15-23/h8-11,16H,4-7,12-15H2,1-3H3,(H2,20,21,24)/t16-/m1/s1. The minimum atomic E-state index is -0.119. The van der Waals surface area contributed by atoms with Gasteiger partial charge in [0.1, 0.15) is 0 Å². The van der Waals surface area contributed by atoms with Gasteiger partial charge in [-0.1, -0.05) is 26.2 Å². The maximum atomic E-state index is 12.0. The molecule has 0 bridgehead atoms. The average molecular weight is 332 g/mol. The van der Waals surface area contributed by atoms with Crippen molar-refractivity contribution in [2.75, 3.05) is 43.4 Å². The van der Waals surface area contributed by atoms with Gasteiger partial charge in [0.05, 0.1) is 0 Å². The molecule has 0 radical (unpaired) electrons. The third kappa shape index (κ3) is 6.04. The molecule has 2 amide bonds. The zero-order valence-electron chi connectivity index (χ0n) is 15.3. The van der Waals surface area contributed by atoms with Gasteiger partial charge in [0.15, 0.2) is 0 Å². The number of nitrogens with one attached hydrogen (secondary N) is 2. The number of likely N-dealkylation sites (N-methyl/N-ethyl adjacent to an activating group) is 1. The van der Waals surface area contributed by atoms with Gasteiger partial charge in [-0.15, -0.1) is 0 Å². The van der Waals surface area contributed by atoms with Gasteiger partial charge in [-0.25, -0.2) is 4.79 Å². The lowest BCUT2D eigenvalue weighted by molar-refractivity contribution is 0.248. The van der Waals surface area contributed by atoms with Gasteiger partial charge in [-0.3, -0.25) is 0 Å². The number of nitrogens with zero attached hydrogens (tertiary/aromatic N) is 2. The molecule has 0 aromatic heterocycles. The number of urea groups is 1. The van der Waals surface area contributed by atoms with Gasteiger partial charge < -0.3 is 20.4 Å². The van der Waals surface area contributed by atoms with Crippen molar-refractivity contribution in [3.63, 3.8) is 0 Å². The van der Waals surface area contributed by atoms with E-state index in [2.05, 4.69) is 53.5 Å². The van der Waals surface area contributed by atoms with E-state index in [1.54, 1.807) is 0 Å². The van der Waals surface area contributed by atoms with E-state index in [9.17, 15) is 4.79 Å². The Hall–Kier alpha value is -1.75. The first-order chi connectivity index (χ1) is 11.6. The van der Waals surface area contributed by atoms with Gasteiger partial charge in [-0.05, 0) is 44.7 Å². The number of unbranched alkanes of at least 4 members (excludes halogenated alkanes) is 2. The van der Waals surface area contributed by atoms with Crippen LogP contribution in [-0.4, -0.2) is 50.2 Å². The minimum Gasteiger partial charge on any atom is -0.369 e. The highest BCUT2D eigenvalue weighted by molar-refractivity contribution is 5.89. The number of hydrogen-bond acceptors (Lipinski definition) is 3. The summed E-state index contributed by atoms with van der Waals surface area (Å²) in [6.07, 6.45) is 4.63. The summed E-state index contributed by atoms with van der Waals surface area (Å²) in [6, 6.07) is 8.23. The Balaban J connectivity index is 1.77. The van der Waals surface area contributed by atoms with Crippen molar-refractivity contribution in [1.29, 1.82) is 0 Å². The number of hydrogen-bond donors (Lipinski definition) is 2. The Bertz CT molecular complexity index is 495. The molecular weight excluding hydrogens is 300 g/mol. The fraction of sp³-hybridized carbons (Fsp3) is 0.632. The third-order valence-corrected chi connectivity index (χ3v) is 4.61. The average Bonchev–Trinajstić information content (AvgIpc) is 2.56. The molecule has 24 heavy (non-hydrogen) atoms. The molecule has 1 fully saturated rings. The largest absolute Gasteiger partial charge is 0.369 e. The van der Waals surface area contributed by atoms with Crippen LogP contribution < -0.4 is 15.5 Å². The summed E-state index contributed by atoms with van der Waals surface area (Å²) < 4.78 is 0. The van der Waals surface area contributed by atoms with E-state index < -0.39 is 0 Å². The summed E-state index contributed by atoms with van der Waals surface area (Å²) in [7, 11) is 2.16. The van der Waals surface area contributed by atoms with Gasteiger partial charge >= 0.3 is 6.03 Å². The smallest absolute Gasteiger partial charge is 0.319 e. The van der Waals surface area contributed by atoms with Crippen LogP contribution in [0.5, 0.6) is 0 Å². The van der Waals surface area contributed by atoms with Crippen molar-refractivity contribution in [3.8, 4) is 0 Å². The molecule has 1 heterocycles. The molecule has 0 saturated carbocycles. The molecule has 0 unspecified atom stereocenters. The Labute approximate surface area is 146 Å². The van der Waals surface area contributed by atoms with E-state index in [0.717, 1.165) is 44.7 Å². The zero-order valence-corrected chi connectivity index (χ0v) is 15.3. The molecule has 1 aromatic rings. The lowest BCUT2D eigenvalue weighted by atomic mass is 10.1. The van der Waals surface area contributed by atoms with Gasteiger partial charge in [0.25, 0.3) is 0 Å². The van der Waals surface area contributed by atoms with Crippen LogP contribution in [0.2, 0.25) is 0 Å². The number of carbonyl (C=O) groups excluding carboxylic acids is 1. The second-order valence-corrected chi connectivity index (χ2v) is 6.83. The molecule has 1 aliphatic heterocycles. The first-order valence-corrected chi connectivity index (χ1v) is 9.19. The van der Waals surface area contributed by atoms with Crippen molar-refractivity contribution in [2.45, 2.75) is 45.6 Å². The predicted molar refractivity (Wildman–Crippen MR) is 102 cm³/mol. The molecule has 1 saturated heterocycles. The fourth-order valence-corrected chi connectivity index (χ4v) is 2.98. The number of anilines is 2. The number of amides is 2. The summed E-state index contributed by atoms with van der Waals surface area (Å²) in [4.78, 5) is 16.8. The van der Waals surface area contributed by atoms with Crippen LogP contribution in [0, 0.1) is 0 Å². The molecule has 1 atom stereocenters. The summed E-state index contributed by atoms with van der Waals surface area (Å²) in [6.45, 7) is 8.55. The van der Waals surface area contributed by atoms with Gasteiger partial charge in [0.2, 0.25) is 0 Å². The predicted octanol–water partition coefficient (Wildman–Crippen LogP) is 3.53. The van der Waals surface area contributed by atoms with Crippen LogP contribution in [0.3, 0.4) is 0 Å². The van der Waals surface area contributed by atoms with Crippen LogP contribution >= 0.6 is 0 Å². The number of benzene rings is 1. The normalized spacial score (nSPS) is 16.7. The summed E-state index contributed by atoms with van der Waals surface area (Å²) in [5.74, 6) is 0. The lowest BCUT2D eigenvalue weighted by Gasteiger charge is -2.34. The van der Waals surface area contributed by atoms with Crippen LogP contribution in [0.25, 0.3) is 0 Å². The van der Waals surface area contributed by atoms with Crippen LogP contribution in [0.1, 0.15) is 39.5 Å². The SMILES string of the molecule is CCCCC[C@@H](C)NC(=O)Nc1ccc(N2CCN(C)CC2)cc1. The first-order valence-electron chi connectivity index (χ1n) is 9.19. The second kappa shape index (κ2) is 9.52. The first kappa shape index (κ1) is 18.6. The molecule has 2 N–H and O–H groups in total. The summed E-state index contributed by atoms with van der Waals surface area (Å²) in [5, 5.41) is 5.93. The van der Waals surface area contributed by atoms with Gasteiger partial charge in [-0.2, -0.15) is 0 Å². The van der Waals surface area contributed by atoms with Crippen molar-refractivity contribution < 1.29 is 4.79 Å². The van der Waals surface area contributed by atoms with Crippen molar-refractivity contribution in [3.05, 3.63) is 24.3 Å². The van der Waals surface area contributed by atoms with Crippen molar-refractivity contribution in [2.24, 2.45) is 0 Å². The van der Waals surface area contributed by atoms with Crippen LogP contribution in [-0.2, 0) is 0 Å². The van der Waals surface area contributed by atoms with Gasteiger partial charge in [0, 0.05) is 43.6 Å². The molecule has 1 aliphatic rings. The molecule has 5 nitrogen and oxygen atoms in total. The second-order valence-electron chi connectivity index (χ2n) is 6.83. The highest BCUT2D eigenvalue weighted by Crippen LogP contribution is 2.19. The molecule has 1 aromatic carbocycles. The van der Waals surface area contributed by atoms with E-state index in [-0.39, 0.29) is 12.1 Å². The Morgan fingerprint density at radius 2 is 1.79 bits per heavy atom. The maximum Gasteiger partial charge on any atom is 0.319 e. The van der Waals surface area contributed by atoms with E-state index >= 15 is 0 Å². The molecule has 0 aliphatic carbocycles. The molecule has 0 spiro atoms. The van der Waals surface area contributed by atoms with Crippen LogP contribution in [0.4, 0.5) is 16.2 Å². The van der Waals surface area contributed by atoms with Crippen molar-refractivity contribution in [1.82, 2.24) is 10.2 Å². The fourth-order valence-electron chi connectivity index (χ4n) is 2.98. The highest BCUT2D eigenvalue weighted by Gasteiger charge is 2.14. The maximum absolute atomic E-state index is 12.0. The number of piperazine rings is 1. The minimum absolute atomic E-state index is 0.119. The molecular formula is C19H32N4O. The van der Waals surface area contributed by atoms with E-state index in [4.69, 9.17) is 0 Å². The summed E-state index contributed by atoms with van der Waals surface area (Å²) >= 11 is 0.